The average molecular weight is 409 g/mol. The zero-order valence-electron chi connectivity index (χ0n) is 16.8. The summed E-state index contributed by atoms with van der Waals surface area (Å²) in [6, 6.07) is 25.4. The molecule has 0 bridgehead atoms. The first-order valence-corrected chi connectivity index (χ1v) is 10.0. The summed E-state index contributed by atoms with van der Waals surface area (Å²) >= 11 is 0. The lowest BCUT2D eigenvalue weighted by Gasteiger charge is -2.28. The molecular formula is C25H19N3O3. The van der Waals surface area contributed by atoms with Gasteiger partial charge in [0.05, 0.1) is 29.0 Å². The van der Waals surface area contributed by atoms with Gasteiger partial charge in [-0.15, -0.1) is 0 Å². The minimum absolute atomic E-state index is 0.286. The summed E-state index contributed by atoms with van der Waals surface area (Å²) in [5.41, 5.74) is 3.69. The Bertz CT molecular complexity index is 1180. The van der Waals surface area contributed by atoms with Gasteiger partial charge >= 0.3 is 0 Å². The van der Waals surface area contributed by atoms with Crippen LogP contribution in [0.15, 0.2) is 78.9 Å². The third kappa shape index (κ3) is 3.07. The predicted molar refractivity (Wildman–Crippen MR) is 115 cm³/mol. The lowest BCUT2D eigenvalue weighted by Crippen LogP contribution is -2.37. The van der Waals surface area contributed by atoms with Crippen molar-refractivity contribution in [3.8, 4) is 6.07 Å². The van der Waals surface area contributed by atoms with Gasteiger partial charge in [0.1, 0.15) is 5.92 Å². The van der Waals surface area contributed by atoms with Crippen molar-refractivity contribution < 1.29 is 14.4 Å². The third-order valence-electron chi connectivity index (χ3n) is 5.80. The van der Waals surface area contributed by atoms with Crippen LogP contribution in [0.3, 0.4) is 0 Å². The van der Waals surface area contributed by atoms with Gasteiger partial charge in [-0.25, -0.2) is 9.96 Å². The highest BCUT2D eigenvalue weighted by molar-refractivity contribution is 6.23. The quantitative estimate of drug-likeness (QED) is 0.613. The first-order valence-electron chi connectivity index (χ1n) is 10.0. The van der Waals surface area contributed by atoms with Gasteiger partial charge < -0.3 is 0 Å². The van der Waals surface area contributed by atoms with Crippen molar-refractivity contribution in [2.75, 3.05) is 9.96 Å². The number of imide groups is 1. The number of carbonyl (C=O) groups is 2. The molecule has 2 fully saturated rings. The van der Waals surface area contributed by atoms with E-state index in [1.165, 1.54) is 4.90 Å². The van der Waals surface area contributed by atoms with Crippen molar-refractivity contribution in [1.29, 1.82) is 5.26 Å². The van der Waals surface area contributed by atoms with Gasteiger partial charge in [-0.1, -0.05) is 48.0 Å². The topological polar surface area (TPSA) is 73.6 Å². The molecule has 0 unspecified atom stereocenters. The highest BCUT2D eigenvalue weighted by Gasteiger charge is 2.60. The van der Waals surface area contributed by atoms with Crippen LogP contribution in [-0.4, -0.2) is 17.9 Å². The molecule has 2 saturated heterocycles. The predicted octanol–water partition coefficient (Wildman–Crippen LogP) is 3.92. The van der Waals surface area contributed by atoms with E-state index in [4.69, 9.17) is 10.1 Å². The number of aryl methyl sites for hydroxylation is 1. The molecule has 0 aliphatic carbocycles. The third-order valence-corrected chi connectivity index (χ3v) is 5.80. The molecule has 2 aliphatic heterocycles. The van der Waals surface area contributed by atoms with Crippen LogP contribution in [0.25, 0.3) is 0 Å². The van der Waals surface area contributed by atoms with E-state index in [0.29, 0.717) is 11.3 Å². The summed E-state index contributed by atoms with van der Waals surface area (Å²) < 4.78 is 0. The molecule has 0 aromatic heterocycles. The second kappa shape index (κ2) is 7.38. The van der Waals surface area contributed by atoms with Crippen LogP contribution < -0.4 is 9.96 Å². The van der Waals surface area contributed by atoms with Crippen LogP contribution in [0.4, 0.5) is 11.4 Å². The van der Waals surface area contributed by atoms with Gasteiger partial charge in [-0.05, 0) is 48.9 Å². The molecular weight excluding hydrogens is 390 g/mol. The molecule has 3 atom stereocenters. The van der Waals surface area contributed by atoms with Crippen molar-refractivity contribution in [3.05, 3.63) is 95.6 Å². The Hall–Kier alpha value is -3.95. The van der Waals surface area contributed by atoms with E-state index in [2.05, 4.69) is 6.07 Å². The van der Waals surface area contributed by atoms with E-state index in [-0.39, 0.29) is 11.8 Å². The van der Waals surface area contributed by atoms with E-state index in [9.17, 15) is 9.59 Å². The number of hydrogen-bond acceptors (Lipinski definition) is 5. The summed E-state index contributed by atoms with van der Waals surface area (Å²) in [7, 11) is 0. The fourth-order valence-electron chi connectivity index (χ4n) is 4.26. The number of fused-ring (bicyclic) bond motifs is 1. The van der Waals surface area contributed by atoms with E-state index < -0.39 is 18.1 Å². The van der Waals surface area contributed by atoms with Crippen molar-refractivity contribution in [1.82, 2.24) is 0 Å². The Labute approximate surface area is 179 Å². The molecule has 0 saturated carbocycles. The number of benzene rings is 3. The van der Waals surface area contributed by atoms with Gasteiger partial charge in [-0.2, -0.15) is 5.26 Å². The number of nitrogens with zero attached hydrogens (tertiary/aromatic N) is 3. The van der Waals surface area contributed by atoms with Gasteiger partial charge in [0.2, 0.25) is 5.91 Å². The van der Waals surface area contributed by atoms with Crippen LogP contribution >= 0.6 is 0 Å². The van der Waals surface area contributed by atoms with Crippen molar-refractivity contribution in [2.24, 2.45) is 5.92 Å². The lowest BCUT2D eigenvalue weighted by molar-refractivity contribution is -0.126. The first-order chi connectivity index (χ1) is 15.1. The minimum atomic E-state index is -0.908. The Morgan fingerprint density at radius 1 is 0.839 bits per heavy atom. The molecule has 5 rings (SSSR count). The number of nitriles is 1. The number of anilines is 2. The van der Waals surface area contributed by atoms with Crippen molar-refractivity contribution in [2.45, 2.75) is 19.1 Å². The molecule has 152 valence electrons. The van der Waals surface area contributed by atoms with Gasteiger partial charge in [0.15, 0.2) is 6.10 Å². The van der Waals surface area contributed by atoms with Gasteiger partial charge in [-0.3, -0.25) is 14.4 Å². The summed E-state index contributed by atoms with van der Waals surface area (Å²) in [4.78, 5) is 34.1. The normalized spacial score (nSPS) is 22.5. The lowest BCUT2D eigenvalue weighted by atomic mass is 9.90. The molecule has 2 amide bonds. The molecule has 2 aliphatic rings. The zero-order chi connectivity index (χ0) is 21.5. The summed E-state index contributed by atoms with van der Waals surface area (Å²) in [5, 5.41) is 10.8. The fraction of sp³-hybridized carbons (Fsp3) is 0.160. The second-order valence-electron chi connectivity index (χ2n) is 7.74. The van der Waals surface area contributed by atoms with E-state index in [1.807, 2.05) is 61.5 Å². The summed E-state index contributed by atoms with van der Waals surface area (Å²) in [6.07, 6.45) is -0.908. The summed E-state index contributed by atoms with van der Waals surface area (Å²) in [6.45, 7) is 1.95. The standard InChI is InChI=1S/C25H19N3O3/c1-16-7-13-19(14-8-16)27-24(29)21-22(18-11-9-17(15-26)10-12-18)28(31-23(21)25(27)30)20-5-3-2-4-6-20/h2-14,21-23H,1H3/t21-,22-,23-/m1/s1. The van der Waals surface area contributed by atoms with Crippen LogP contribution in [-0.2, 0) is 14.4 Å². The highest BCUT2D eigenvalue weighted by Crippen LogP contribution is 2.47. The molecule has 0 radical (unpaired) electrons. The largest absolute Gasteiger partial charge is 0.273 e. The molecule has 31 heavy (non-hydrogen) atoms. The summed E-state index contributed by atoms with van der Waals surface area (Å²) in [5.74, 6) is -1.34. The van der Waals surface area contributed by atoms with Crippen molar-refractivity contribution >= 4 is 23.2 Å². The van der Waals surface area contributed by atoms with E-state index in [1.54, 1.807) is 29.3 Å². The first kappa shape index (κ1) is 19.0. The van der Waals surface area contributed by atoms with Gasteiger partial charge in [0, 0.05) is 0 Å². The maximum Gasteiger partial charge on any atom is 0.266 e. The van der Waals surface area contributed by atoms with E-state index >= 15 is 0 Å². The Morgan fingerprint density at radius 3 is 2.16 bits per heavy atom. The smallest absolute Gasteiger partial charge is 0.266 e. The minimum Gasteiger partial charge on any atom is -0.273 e. The van der Waals surface area contributed by atoms with Crippen LogP contribution in [0.5, 0.6) is 0 Å². The van der Waals surface area contributed by atoms with Crippen molar-refractivity contribution in [3.63, 3.8) is 0 Å². The molecule has 0 N–H and O–H groups in total. The molecule has 6 nitrogen and oxygen atoms in total. The highest BCUT2D eigenvalue weighted by atomic mass is 16.7. The van der Waals surface area contributed by atoms with Crippen LogP contribution in [0, 0.1) is 24.2 Å². The average Bonchev–Trinajstić information content (AvgIpc) is 3.31. The monoisotopic (exact) mass is 409 g/mol. The second-order valence-corrected chi connectivity index (χ2v) is 7.74. The molecule has 6 heteroatoms. The molecule has 2 heterocycles. The Kier molecular flexibility index (Phi) is 4.54. The number of para-hydroxylation sites is 1. The number of amides is 2. The molecule has 3 aromatic rings. The molecule has 3 aromatic carbocycles. The number of hydroxylamine groups is 1. The maximum absolute atomic E-state index is 13.5. The number of rotatable bonds is 3. The fourth-order valence-corrected chi connectivity index (χ4v) is 4.26. The SMILES string of the molecule is Cc1ccc(N2C(=O)[C@@H]3[C@@H](c4ccc(C#N)cc4)N(c4ccccc4)O[C@H]3C2=O)cc1. The maximum atomic E-state index is 13.5. The Balaban J connectivity index is 1.58. The zero-order valence-corrected chi connectivity index (χ0v) is 16.8. The van der Waals surface area contributed by atoms with Gasteiger partial charge in [0.25, 0.3) is 5.91 Å². The number of carbonyl (C=O) groups excluding carboxylic acids is 2. The molecule has 0 spiro atoms. The Morgan fingerprint density at radius 2 is 1.52 bits per heavy atom. The van der Waals surface area contributed by atoms with Crippen LogP contribution in [0.2, 0.25) is 0 Å². The van der Waals surface area contributed by atoms with E-state index in [0.717, 1.165) is 16.8 Å². The van der Waals surface area contributed by atoms with Crippen LogP contribution in [0.1, 0.15) is 22.7 Å². The number of hydrogen-bond donors (Lipinski definition) is 0.